The molecule has 0 radical (unpaired) electrons. The van der Waals surface area contributed by atoms with E-state index >= 15 is 0 Å². The van der Waals surface area contributed by atoms with Crippen molar-refractivity contribution in [2.45, 2.75) is 55.8 Å². The zero-order chi connectivity index (χ0) is 23.5. The Kier molecular flexibility index (Phi) is 6.53. The fraction of sp³-hybridized carbons (Fsp3) is 0.429. The van der Waals surface area contributed by atoms with Crippen molar-refractivity contribution in [2.75, 3.05) is 6.54 Å². The van der Waals surface area contributed by atoms with Gasteiger partial charge in [0.1, 0.15) is 5.69 Å². The van der Waals surface area contributed by atoms with E-state index in [0.29, 0.717) is 18.7 Å². The Balaban J connectivity index is 1.36. The van der Waals surface area contributed by atoms with Crippen LogP contribution in [0.4, 0.5) is 0 Å². The quantitative estimate of drug-likeness (QED) is 0.601. The monoisotopic (exact) mass is 459 g/mol. The standard InChI is InChI=1S/C28H33N3O3/c1-31-17-23(30-19-31)27(33)29-18-28(21-10-6-3-7-11-21)14-12-22-24(32)16-26(34-25(22)13-15-28)20-8-4-2-5-9-20/h2-11,17,19,22,24-26,32H,12-16,18H2,1H3,(H,29,33)/t22-,24+,25+,26+,28+/m1/s1. The van der Waals surface area contributed by atoms with Crippen LogP contribution in [0.2, 0.25) is 0 Å². The largest absolute Gasteiger partial charge is 0.393 e. The number of imidazole rings is 1. The molecule has 2 heterocycles. The number of amides is 1. The Morgan fingerprint density at radius 1 is 1.12 bits per heavy atom. The van der Waals surface area contributed by atoms with Gasteiger partial charge in [-0.05, 0) is 36.8 Å². The van der Waals surface area contributed by atoms with Crippen molar-refractivity contribution in [2.24, 2.45) is 13.0 Å². The van der Waals surface area contributed by atoms with E-state index in [1.807, 2.05) is 31.3 Å². The minimum absolute atomic E-state index is 0.00559. The zero-order valence-electron chi connectivity index (χ0n) is 19.6. The lowest BCUT2D eigenvalue weighted by Crippen LogP contribution is -2.41. The second-order valence-corrected chi connectivity index (χ2v) is 9.87. The predicted molar refractivity (Wildman–Crippen MR) is 130 cm³/mol. The van der Waals surface area contributed by atoms with Gasteiger partial charge < -0.3 is 19.7 Å². The molecule has 1 aliphatic carbocycles. The van der Waals surface area contributed by atoms with Crippen LogP contribution in [0.3, 0.4) is 0 Å². The van der Waals surface area contributed by atoms with Gasteiger partial charge in [-0.1, -0.05) is 60.7 Å². The summed E-state index contributed by atoms with van der Waals surface area (Å²) in [6.07, 6.45) is 7.02. The van der Waals surface area contributed by atoms with E-state index in [1.165, 1.54) is 5.56 Å². The van der Waals surface area contributed by atoms with Crippen LogP contribution in [-0.2, 0) is 17.2 Å². The van der Waals surface area contributed by atoms with Crippen molar-refractivity contribution >= 4 is 5.91 Å². The topological polar surface area (TPSA) is 76.4 Å². The van der Waals surface area contributed by atoms with Gasteiger partial charge in [-0.2, -0.15) is 0 Å². The maximum atomic E-state index is 12.8. The molecule has 0 unspecified atom stereocenters. The number of carbonyl (C=O) groups is 1. The van der Waals surface area contributed by atoms with Crippen molar-refractivity contribution in [3.05, 3.63) is 90.0 Å². The molecule has 6 heteroatoms. The molecular weight excluding hydrogens is 426 g/mol. The highest BCUT2D eigenvalue weighted by molar-refractivity contribution is 5.92. The fourth-order valence-electron chi connectivity index (χ4n) is 5.77. The Labute approximate surface area is 201 Å². The first-order chi connectivity index (χ1) is 16.5. The minimum Gasteiger partial charge on any atom is -0.393 e. The van der Waals surface area contributed by atoms with Crippen LogP contribution in [-0.4, -0.2) is 39.3 Å². The number of nitrogens with one attached hydrogen (secondary N) is 1. The summed E-state index contributed by atoms with van der Waals surface area (Å²) in [7, 11) is 1.86. The zero-order valence-corrected chi connectivity index (χ0v) is 19.6. The summed E-state index contributed by atoms with van der Waals surface area (Å²) in [6, 6.07) is 20.7. The molecule has 5 atom stereocenters. The molecule has 2 N–H and O–H groups in total. The Hall–Kier alpha value is -2.96. The fourth-order valence-corrected chi connectivity index (χ4v) is 5.77. The first kappa shape index (κ1) is 22.8. The smallest absolute Gasteiger partial charge is 0.271 e. The van der Waals surface area contributed by atoms with Crippen molar-refractivity contribution in [3.63, 3.8) is 0 Å². The number of nitrogens with zero attached hydrogens (tertiary/aromatic N) is 2. The van der Waals surface area contributed by atoms with E-state index in [1.54, 1.807) is 17.1 Å². The number of aliphatic hydroxyl groups is 1. The maximum absolute atomic E-state index is 12.8. The average Bonchev–Trinajstić information content (AvgIpc) is 3.22. The van der Waals surface area contributed by atoms with E-state index in [9.17, 15) is 9.90 Å². The number of carbonyl (C=O) groups excluding carboxylic acids is 1. The van der Waals surface area contributed by atoms with E-state index in [4.69, 9.17) is 4.74 Å². The number of fused-ring (bicyclic) bond motifs is 1. The summed E-state index contributed by atoms with van der Waals surface area (Å²) in [4.78, 5) is 17.0. The summed E-state index contributed by atoms with van der Waals surface area (Å²) in [5.74, 6) is -0.0463. The first-order valence-electron chi connectivity index (χ1n) is 12.2. The Morgan fingerprint density at radius 2 is 1.82 bits per heavy atom. The summed E-state index contributed by atoms with van der Waals surface area (Å²) < 4.78 is 8.37. The Bertz CT molecular complexity index is 1100. The van der Waals surface area contributed by atoms with Crippen LogP contribution < -0.4 is 5.32 Å². The maximum Gasteiger partial charge on any atom is 0.271 e. The molecule has 1 saturated carbocycles. The lowest BCUT2D eigenvalue weighted by atomic mass is 9.73. The van der Waals surface area contributed by atoms with Gasteiger partial charge in [0.15, 0.2) is 0 Å². The van der Waals surface area contributed by atoms with Gasteiger partial charge in [0.05, 0.1) is 24.6 Å². The molecule has 1 aromatic heterocycles. The number of rotatable bonds is 5. The second-order valence-electron chi connectivity index (χ2n) is 9.87. The molecule has 178 valence electrons. The molecule has 2 aromatic carbocycles. The van der Waals surface area contributed by atoms with Crippen LogP contribution in [0.5, 0.6) is 0 Å². The van der Waals surface area contributed by atoms with Gasteiger partial charge >= 0.3 is 0 Å². The molecule has 6 nitrogen and oxygen atoms in total. The third-order valence-corrected chi connectivity index (χ3v) is 7.71. The van der Waals surface area contributed by atoms with E-state index < -0.39 is 6.10 Å². The first-order valence-corrected chi connectivity index (χ1v) is 12.2. The molecule has 1 aliphatic heterocycles. The van der Waals surface area contributed by atoms with E-state index in [2.05, 4.69) is 46.7 Å². The molecule has 0 spiro atoms. The van der Waals surface area contributed by atoms with Gasteiger partial charge in [0.25, 0.3) is 5.91 Å². The number of aromatic nitrogens is 2. The van der Waals surface area contributed by atoms with Gasteiger partial charge in [0, 0.05) is 37.5 Å². The molecule has 0 bridgehead atoms. The van der Waals surface area contributed by atoms with Crippen LogP contribution in [0.1, 0.15) is 59.8 Å². The minimum atomic E-state index is -0.390. The summed E-state index contributed by atoms with van der Waals surface area (Å²) >= 11 is 0. The number of aryl methyl sites for hydroxylation is 1. The molecular formula is C28H33N3O3. The van der Waals surface area contributed by atoms with Crippen molar-refractivity contribution in [1.82, 2.24) is 14.9 Å². The molecule has 2 aliphatic rings. The van der Waals surface area contributed by atoms with E-state index in [0.717, 1.165) is 31.2 Å². The molecule has 2 fully saturated rings. The Morgan fingerprint density at radius 3 is 2.53 bits per heavy atom. The highest BCUT2D eigenvalue weighted by Crippen LogP contribution is 2.46. The van der Waals surface area contributed by atoms with Crippen molar-refractivity contribution < 1.29 is 14.6 Å². The third-order valence-electron chi connectivity index (χ3n) is 7.71. The average molecular weight is 460 g/mol. The van der Waals surface area contributed by atoms with Gasteiger partial charge in [0.2, 0.25) is 0 Å². The lowest BCUT2D eigenvalue weighted by Gasteiger charge is -2.39. The third kappa shape index (κ3) is 4.65. The van der Waals surface area contributed by atoms with Crippen molar-refractivity contribution in [1.29, 1.82) is 0 Å². The van der Waals surface area contributed by atoms with Gasteiger partial charge in [-0.3, -0.25) is 4.79 Å². The molecule has 1 amide bonds. The number of hydrogen-bond donors (Lipinski definition) is 2. The summed E-state index contributed by atoms with van der Waals surface area (Å²) in [5, 5.41) is 14.3. The molecule has 1 saturated heterocycles. The van der Waals surface area contributed by atoms with Gasteiger partial charge in [-0.15, -0.1) is 0 Å². The van der Waals surface area contributed by atoms with Crippen molar-refractivity contribution in [3.8, 4) is 0 Å². The van der Waals surface area contributed by atoms with Crippen LogP contribution in [0.15, 0.2) is 73.2 Å². The SMILES string of the molecule is Cn1cnc(C(=O)NC[C@]2(c3ccccc3)CC[C@H]3[C@H](CC2)O[C@H](c2ccccc2)C[C@@H]3O)c1. The highest BCUT2D eigenvalue weighted by atomic mass is 16.5. The normalized spacial score (nSPS) is 29.1. The number of aliphatic hydroxyl groups excluding tert-OH is 1. The number of benzene rings is 2. The number of hydrogen-bond acceptors (Lipinski definition) is 4. The lowest BCUT2D eigenvalue weighted by molar-refractivity contribution is -0.139. The van der Waals surface area contributed by atoms with E-state index in [-0.39, 0.29) is 29.4 Å². The molecule has 34 heavy (non-hydrogen) atoms. The summed E-state index contributed by atoms with van der Waals surface area (Å²) in [6.45, 7) is 0.532. The molecule has 5 rings (SSSR count). The number of ether oxygens (including phenoxy) is 1. The predicted octanol–water partition coefficient (Wildman–Crippen LogP) is 4.17. The van der Waals surface area contributed by atoms with Gasteiger partial charge in [-0.25, -0.2) is 4.98 Å². The van der Waals surface area contributed by atoms with Crippen LogP contribution in [0, 0.1) is 5.92 Å². The second kappa shape index (κ2) is 9.72. The van der Waals surface area contributed by atoms with Crippen LogP contribution >= 0.6 is 0 Å². The van der Waals surface area contributed by atoms with Crippen LogP contribution in [0.25, 0.3) is 0 Å². The summed E-state index contributed by atoms with van der Waals surface area (Å²) in [5.41, 5.74) is 2.57. The highest BCUT2D eigenvalue weighted by Gasteiger charge is 2.44. The molecule has 3 aromatic rings.